The quantitative estimate of drug-likeness (QED) is 0.400. The lowest BCUT2D eigenvalue weighted by Gasteiger charge is -2.31. The van der Waals surface area contributed by atoms with Crippen LogP contribution in [0.15, 0.2) is 81.3 Å². The number of para-hydroxylation sites is 2. The van der Waals surface area contributed by atoms with E-state index < -0.39 is 6.04 Å². The zero-order chi connectivity index (χ0) is 27.2. The number of carbonyl (C=O) groups excluding carboxylic acids is 3. The third-order valence-electron chi connectivity index (χ3n) is 6.29. The van der Waals surface area contributed by atoms with E-state index >= 15 is 0 Å². The molecule has 2 aliphatic heterocycles. The molecule has 3 amide bonds. The van der Waals surface area contributed by atoms with Gasteiger partial charge < -0.3 is 19.8 Å². The van der Waals surface area contributed by atoms with Gasteiger partial charge >= 0.3 is 0 Å². The van der Waals surface area contributed by atoms with Crippen molar-refractivity contribution in [2.75, 3.05) is 12.9 Å². The van der Waals surface area contributed by atoms with E-state index in [-0.39, 0.29) is 42.9 Å². The number of nitrogens with one attached hydrogen (secondary N) is 2. The average Bonchev–Trinajstić information content (AvgIpc) is 3.60. The van der Waals surface area contributed by atoms with E-state index in [4.69, 9.17) is 14.1 Å². The lowest BCUT2D eigenvalue weighted by molar-refractivity contribution is -0.122. The fourth-order valence-corrected chi connectivity index (χ4v) is 5.23. The number of methoxy groups -OCH3 is 1. The van der Waals surface area contributed by atoms with Crippen LogP contribution in [0.4, 0.5) is 5.69 Å². The number of thioether (sulfide) groups is 1. The van der Waals surface area contributed by atoms with E-state index in [2.05, 4.69) is 15.6 Å². The van der Waals surface area contributed by atoms with Crippen LogP contribution >= 0.6 is 11.8 Å². The molecule has 200 valence electrons. The summed E-state index contributed by atoms with van der Waals surface area (Å²) in [5.74, 6) is 1.20. The van der Waals surface area contributed by atoms with Gasteiger partial charge in [-0.15, -0.1) is 0 Å². The number of hydrogen-bond acceptors (Lipinski definition) is 8. The minimum absolute atomic E-state index is 0.0891. The first kappa shape index (κ1) is 26.2. The number of rotatable bonds is 10. The van der Waals surface area contributed by atoms with Crippen LogP contribution in [0.25, 0.3) is 0 Å². The van der Waals surface area contributed by atoms with Gasteiger partial charge in [-0.1, -0.05) is 42.1 Å². The van der Waals surface area contributed by atoms with Crippen molar-refractivity contribution < 1.29 is 23.5 Å². The SMILES string of the molecule is COc1ccccc1CNC(=O)CCC1C(=O)N=C2c3ccccc3N=C(SCC(=O)NCc3ccco3)N21. The second-order valence-electron chi connectivity index (χ2n) is 8.84. The lowest BCUT2D eigenvalue weighted by atomic mass is 10.1. The molecule has 10 nitrogen and oxygen atoms in total. The van der Waals surface area contributed by atoms with Crippen molar-refractivity contribution in [2.24, 2.45) is 9.98 Å². The van der Waals surface area contributed by atoms with E-state index in [9.17, 15) is 14.4 Å². The number of amides is 3. The molecule has 1 aromatic heterocycles. The van der Waals surface area contributed by atoms with Crippen LogP contribution in [0.1, 0.15) is 29.7 Å². The van der Waals surface area contributed by atoms with Crippen molar-refractivity contribution in [3.05, 3.63) is 83.8 Å². The van der Waals surface area contributed by atoms with Crippen LogP contribution in [-0.2, 0) is 27.5 Å². The summed E-state index contributed by atoms with van der Waals surface area (Å²) >= 11 is 1.22. The molecule has 0 saturated heterocycles. The Morgan fingerprint density at radius 2 is 1.79 bits per heavy atom. The second-order valence-corrected chi connectivity index (χ2v) is 9.79. The number of ether oxygens (including phenoxy) is 1. The summed E-state index contributed by atoms with van der Waals surface area (Å²) in [6, 6.07) is 17.7. The number of benzene rings is 2. The van der Waals surface area contributed by atoms with Gasteiger partial charge in [0.2, 0.25) is 11.8 Å². The molecule has 2 N–H and O–H groups in total. The van der Waals surface area contributed by atoms with Gasteiger partial charge in [-0.3, -0.25) is 19.3 Å². The van der Waals surface area contributed by atoms with Gasteiger partial charge in [-0.2, -0.15) is 4.99 Å². The van der Waals surface area contributed by atoms with E-state index in [1.165, 1.54) is 11.8 Å². The van der Waals surface area contributed by atoms with Crippen LogP contribution < -0.4 is 15.4 Å². The van der Waals surface area contributed by atoms with Crippen molar-refractivity contribution in [2.45, 2.75) is 32.0 Å². The zero-order valence-corrected chi connectivity index (χ0v) is 22.1. The monoisotopic (exact) mass is 545 g/mol. The summed E-state index contributed by atoms with van der Waals surface area (Å²) in [7, 11) is 1.58. The number of hydrogen-bond donors (Lipinski definition) is 2. The maximum atomic E-state index is 13.0. The van der Waals surface area contributed by atoms with Crippen LogP contribution in [-0.4, -0.2) is 52.5 Å². The van der Waals surface area contributed by atoms with E-state index in [0.717, 1.165) is 11.1 Å². The summed E-state index contributed by atoms with van der Waals surface area (Å²) in [6.07, 6.45) is 1.92. The molecule has 5 rings (SSSR count). The minimum Gasteiger partial charge on any atom is -0.496 e. The first-order valence-electron chi connectivity index (χ1n) is 12.4. The smallest absolute Gasteiger partial charge is 0.270 e. The molecule has 0 radical (unpaired) electrons. The van der Waals surface area contributed by atoms with Gasteiger partial charge in [0.15, 0.2) is 5.17 Å². The second kappa shape index (κ2) is 12.0. The zero-order valence-electron chi connectivity index (χ0n) is 21.3. The predicted octanol–water partition coefficient (Wildman–Crippen LogP) is 3.39. The molecule has 0 aliphatic carbocycles. The predicted molar refractivity (Wildman–Crippen MR) is 148 cm³/mol. The molecule has 39 heavy (non-hydrogen) atoms. The Balaban J connectivity index is 1.24. The lowest BCUT2D eigenvalue weighted by Crippen LogP contribution is -2.44. The molecule has 3 heterocycles. The van der Waals surface area contributed by atoms with Crippen molar-refractivity contribution >= 4 is 46.2 Å². The van der Waals surface area contributed by atoms with Crippen molar-refractivity contribution in [3.8, 4) is 5.75 Å². The largest absolute Gasteiger partial charge is 0.496 e. The maximum absolute atomic E-state index is 13.0. The Labute approximate surface area is 229 Å². The molecule has 0 saturated carbocycles. The summed E-state index contributed by atoms with van der Waals surface area (Å²) in [5.41, 5.74) is 2.27. The third kappa shape index (κ3) is 6.04. The van der Waals surface area contributed by atoms with E-state index in [1.54, 1.807) is 30.4 Å². The molecule has 2 aromatic carbocycles. The van der Waals surface area contributed by atoms with Crippen LogP contribution in [0, 0.1) is 0 Å². The Bertz CT molecular complexity index is 1440. The third-order valence-corrected chi connectivity index (χ3v) is 7.25. The Morgan fingerprint density at radius 1 is 1.00 bits per heavy atom. The Kier molecular flexibility index (Phi) is 8.07. The molecule has 1 unspecified atom stereocenters. The van der Waals surface area contributed by atoms with E-state index in [1.807, 2.05) is 48.5 Å². The number of fused-ring (bicyclic) bond motifs is 3. The summed E-state index contributed by atoms with van der Waals surface area (Å²) in [4.78, 5) is 49.0. The fourth-order valence-electron chi connectivity index (χ4n) is 4.36. The molecule has 2 aliphatic rings. The normalized spacial score (nSPS) is 15.7. The van der Waals surface area contributed by atoms with Gasteiger partial charge in [0, 0.05) is 24.1 Å². The number of amidine groups is 2. The molecule has 11 heteroatoms. The molecular formula is C28H27N5O5S. The van der Waals surface area contributed by atoms with Gasteiger partial charge in [0.05, 0.1) is 31.4 Å². The number of carbonyl (C=O) groups is 3. The number of aliphatic imine (C=N–C) groups is 2. The van der Waals surface area contributed by atoms with Gasteiger partial charge in [-0.25, -0.2) is 4.99 Å². The topological polar surface area (TPSA) is 126 Å². The molecule has 0 fully saturated rings. The van der Waals surface area contributed by atoms with Crippen molar-refractivity contribution in [1.82, 2.24) is 15.5 Å². The molecule has 0 bridgehead atoms. The first-order chi connectivity index (χ1) is 19.0. The van der Waals surface area contributed by atoms with Crippen molar-refractivity contribution in [3.63, 3.8) is 0 Å². The van der Waals surface area contributed by atoms with Gasteiger partial charge in [-0.05, 0) is 36.8 Å². The van der Waals surface area contributed by atoms with E-state index in [0.29, 0.717) is 34.7 Å². The number of furan rings is 1. The summed E-state index contributed by atoms with van der Waals surface area (Å²) < 4.78 is 10.6. The molecule has 1 atom stereocenters. The first-order valence-corrected chi connectivity index (χ1v) is 13.4. The highest BCUT2D eigenvalue weighted by molar-refractivity contribution is 8.14. The standard InChI is InChI=1S/C28H27N5O5S/c1-37-23-11-5-2-7-18(23)15-29-24(34)13-12-22-27(36)32-26-20-9-3-4-10-21(20)31-28(33(22)26)39-17-25(35)30-16-19-8-6-14-38-19/h2-11,14,22H,12-13,15-17H2,1H3,(H,29,34)(H,30,35). The van der Waals surface area contributed by atoms with Crippen LogP contribution in [0.5, 0.6) is 5.75 Å². The van der Waals surface area contributed by atoms with Crippen LogP contribution in [0.3, 0.4) is 0 Å². The molecule has 3 aromatic rings. The Hall–Kier alpha value is -4.38. The Morgan fingerprint density at radius 3 is 2.62 bits per heavy atom. The minimum atomic E-state index is -0.692. The van der Waals surface area contributed by atoms with Crippen LogP contribution in [0.2, 0.25) is 0 Å². The fraction of sp³-hybridized carbons (Fsp3) is 0.250. The molecule has 0 spiro atoms. The summed E-state index contributed by atoms with van der Waals surface area (Å²) in [5, 5.41) is 6.20. The van der Waals surface area contributed by atoms with Gasteiger partial charge in [0.1, 0.15) is 23.4 Å². The highest BCUT2D eigenvalue weighted by atomic mass is 32.2. The number of nitrogens with zero attached hydrogens (tertiary/aromatic N) is 3. The highest BCUT2D eigenvalue weighted by Gasteiger charge is 2.41. The average molecular weight is 546 g/mol. The maximum Gasteiger partial charge on any atom is 0.270 e. The molecular weight excluding hydrogens is 518 g/mol. The highest BCUT2D eigenvalue weighted by Crippen LogP contribution is 2.35. The van der Waals surface area contributed by atoms with Gasteiger partial charge in [0.25, 0.3) is 5.91 Å². The summed E-state index contributed by atoms with van der Waals surface area (Å²) in [6.45, 7) is 0.596. The van der Waals surface area contributed by atoms with Crippen molar-refractivity contribution in [1.29, 1.82) is 0 Å².